The van der Waals surface area contributed by atoms with E-state index in [0.29, 0.717) is 0 Å². The van der Waals surface area contributed by atoms with Gasteiger partial charge in [0.1, 0.15) is 0 Å². The van der Waals surface area contributed by atoms with Crippen molar-refractivity contribution in [2.45, 2.75) is 0 Å². The number of nitrogens with zero attached hydrogens (tertiary/aromatic N) is 2. The third-order valence-corrected chi connectivity index (χ3v) is 2.57. The van der Waals surface area contributed by atoms with Gasteiger partial charge in [0.05, 0.1) is 17.4 Å². The molecule has 0 aliphatic rings. The topological polar surface area (TPSA) is 84.2 Å². The molecule has 2 aromatic rings. The third kappa shape index (κ3) is 3.32. The average Bonchev–Trinajstić information content (AvgIpc) is 2.83. The number of carbonyl (C=O) groups is 2. The van der Waals surface area contributed by atoms with E-state index >= 15 is 0 Å². The second kappa shape index (κ2) is 5.83. The van der Waals surface area contributed by atoms with Crippen molar-refractivity contribution in [3.05, 3.63) is 53.9 Å². The molecule has 6 nitrogen and oxygen atoms in total. The lowest BCUT2D eigenvalue weighted by atomic mass is 10.2. The molecule has 2 rings (SSSR count). The lowest BCUT2D eigenvalue weighted by molar-refractivity contribution is -0.111. The number of para-hydroxylation sites is 1. The molecule has 1 aromatic carbocycles. The summed E-state index contributed by atoms with van der Waals surface area (Å²) in [4.78, 5) is 22.8. The van der Waals surface area contributed by atoms with Gasteiger partial charge in [-0.05, 0) is 18.2 Å². The number of carboxylic acid groups (broad SMARTS) is 1. The van der Waals surface area contributed by atoms with Gasteiger partial charge >= 0.3 is 5.97 Å². The number of aromatic carboxylic acids is 1. The largest absolute Gasteiger partial charge is 0.478 e. The number of amides is 1. The van der Waals surface area contributed by atoms with Gasteiger partial charge in [-0.1, -0.05) is 12.1 Å². The van der Waals surface area contributed by atoms with Crippen LogP contribution >= 0.6 is 0 Å². The van der Waals surface area contributed by atoms with Crippen LogP contribution in [0.25, 0.3) is 6.08 Å². The quantitative estimate of drug-likeness (QED) is 0.830. The minimum absolute atomic E-state index is 0.0515. The third-order valence-electron chi connectivity index (χ3n) is 2.57. The maximum Gasteiger partial charge on any atom is 0.337 e. The summed E-state index contributed by atoms with van der Waals surface area (Å²) in [5.74, 6) is -1.49. The molecule has 0 radical (unpaired) electrons. The van der Waals surface area contributed by atoms with Crippen LogP contribution in [0.2, 0.25) is 0 Å². The standard InChI is InChI=1S/C14H13N3O3/c1-17-9-10(8-15-17)6-7-13(18)16-12-5-3-2-4-11(12)14(19)20/h2-9H,1H3,(H,16,18)(H,19,20)/b7-6+. The van der Waals surface area contributed by atoms with E-state index in [1.165, 1.54) is 12.1 Å². The van der Waals surface area contributed by atoms with E-state index in [4.69, 9.17) is 5.11 Å². The SMILES string of the molecule is Cn1cc(/C=C/C(=O)Nc2ccccc2C(=O)O)cn1. The molecular weight excluding hydrogens is 258 g/mol. The highest BCUT2D eigenvalue weighted by Crippen LogP contribution is 2.14. The number of aromatic nitrogens is 2. The van der Waals surface area contributed by atoms with Gasteiger partial charge in [0, 0.05) is 24.9 Å². The van der Waals surface area contributed by atoms with Crippen LogP contribution in [0.4, 0.5) is 5.69 Å². The Kier molecular flexibility index (Phi) is 3.95. The van der Waals surface area contributed by atoms with E-state index in [1.54, 1.807) is 48.4 Å². The number of hydrogen-bond acceptors (Lipinski definition) is 3. The van der Waals surface area contributed by atoms with E-state index < -0.39 is 11.9 Å². The number of anilines is 1. The van der Waals surface area contributed by atoms with Crippen LogP contribution in [0.15, 0.2) is 42.7 Å². The Morgan fingerprint density at radius 1 is 1.35 bits per heavy atom. The Labute approximate surface area is 115 Å². The van der Waals surface area contributed by atoms with Gasteiger partial charge in [0.15, 0.2) is 0 Å². The summed E-state index contributed by atoms with van der Waals surface area (Å²) in [6.45, 7) is 0. The van der Waals surface area contributed by atoms with E-state index in [9.17, 15) is 9.59 Å². The molecule has 0 atom stereocenters. The van der Waals surface area contributed by atoms with Crippen molar-refractivity contribution in [3.8, 4) is 0 Å². The summed E-state index contributed by atoms with van der Waals surface area (Å²) in [5.41, 5.74) is 1.10. The van der Waals surface area contributed by atoms with E-state index in [0.717, 1.165) is 5.56 Å². The number of carbonyl (C=O) groups excluding carboxylic acids is 1. The first kappa shape index (κ1) is 13.5. The van der Waals surface area contributed by atoms with Crippen LogP contribution in [-0.2, 0) is 11.8 Å². The minimum atomic E-state index is -1.09. The summed E-state index contributed by atoms with van der Waals surface area (Å²) >= 11 is 0. The zero-order valence-corrected chi connectivity index (χ0v) is 10.8. The van der Waals surface area contributed by atoms with Crippen LogP contribution < -0.4 is 5.32 Å². The maximum absolute atomic E-state index is 11.7. The van der Waals surface area contributed by atoms with Crippen molar-refractivity contribution in [1.82, 2.24) is 9.78 Å². The fraction of sp³-hybridized carbons (Fsp3) is 0.0714. The lowest BCUT2D eigenvalue weighted by Gasteiger charge is -2.05. The molecule has 2 N–H and O–H groups in total. The average molecular weight is 271 g/mol. The minimum Gasteiger partial charge on any atom is -0.478 e. The first-order valence-corrected chi connectivity index (χ1v) is 5.86. The fourth-order valence-corrected chi connectivity index (χ4v) is 1.65. The molecule has 0 bridgehead atoms. The van der Waals surface area contributed by atoms with Crippen LogP contribution in [0.5, 0.6) is 0 Å². The summed E-state index contributed by atoms with van der Waals surface area (Å²) in [5, 5.41) is 15.5. The zero-order valence-electron chi connectivity index (χ0n) is 10.8. The summed E-state index contributed by atoms with van der Waals surface area (Å²) < 4.78 is 1.62. The highest BCUT2D eigenvalue weighted by Gasteiger charge is 2.10. The van der Waals surface area contributed by atoms with Gasteiger partial charge in [-0.2, -0.15) is 5.10 Å². The Morgan fingerprint density at radius 3 is 2.75 bits per heavy atom. The van der Waals surface area contributed by atoms with Gasteiger partial charge in [0.2, 0.25) is 5.91 Å². The number of nitrogens with one attached hydrogen (secondary N) is 1. The summed E-state index contributed by atoms with van der Waals surface area (Å²) in [6.07, 6.45) is 6.31. The number of benzene rings is 1. The molecule has 0 saturated carbocycles. The molecule has 0 aliphatic heterocycles. The highest BCUT2D eigenvalue weighted by atomic mass is 16.4. The summed E-state index contributed by atoms with van der Waals surface area (Å²) in [6, 6.07) is 6.24. The van der Waals surface area contributed by atoms with E-state index in [-0.39, 0.29) is 11.3 Å². The molecule has 0 saturated heterocycles. The van der Waals surface area contributed by atoms with Gasteiger partial charge in [0.25, 0.3) is 0 Å². The Morgan fingerprint density at radius 2 is 2.10 bits per heavy atom. The lowest BCUT2D eigenvalue weighted by Crippen LogP contribution is -2.11. The van der Waals surface area contributed by atoms with Gasteiger partial charge in [-0.25, -0.2) is 4.79 Å². The normalized spacial score (nSPS) is 10.7. The van der Waals surface area contributed by atoms with Crippen molar-refractivity contribution in [2.75, 3.05) is 5.32 Å². The Hall–Kier alpha value is -2.89. The Bertz CT molecular complexity index is 674. The zero-order chi connectivity index (χ0) is 14.5. The predicted octanol–water partition coefficient (Wildman–Crippen LogP) is 1.77. The fourth-order valence-electron chi connectivity index (χ4n) is 1.65. The second-order valence-electron chi connectivity index (χ2n) is 4.12. The Balaban J connectivity index is 2.09. The second-order valence-corrected chi connectivity index (χ2v) is 4.12. The van der Waals surface area contributed by atoms with Crippen LogP contribution in [0, 0.1) is 0 Å². The first-order chi connectivity index (χ1) is 9.56. The van der Waals surface area contributed by atoms with Gasteiger partial charge in [-0.3, -0.25) is 9.48 Å². The molecular formula is C14H13N3O3. The molecule has 20 heavy (non-hydrogen) atoms. The van der Waals surface area contributed by atoms with Crippen LogP contribution in [-0.4, -0.2) is 26.8 Å². The molecule has 1 heterocycles. The summed E-state index contributed by atoms with van der Waals surface area (Å²) in [7, 11) is 1.78. The van der Waals surface area contributed by atoms with Crippen molar-refractivity contribution >= 4 is 23.6 Å². The molecule has 1 amide bonds. The monoisotopic (exact) mass is 271 g/mol. The van der Waals surface area contributed by atoms with Crippen LogP contribution in [0.3, 0.4) is 0 Å². The van der Waals surface area contributed by atoms with Crippen LogP contribution in [0.1, 0.15) is 15.9 Å². The maximum atomic E-state index is 11.7. The van der Waals surface area contributed by atoms with Crippen molar-refractivity contribution in [3.63, 3.8) is 0 Å². The smallest absolute Gasteiger partial charge is 0.337 e. The number of hydrogen-bond donors (Lipinski definition) is 2. The molecule has 102 valence electrons. The van der Waals surface area contributed by atoms with Crippen molar-refractivity contribution < 1.29 is 14.7 Å². The van der Waals surface area contributed by atoms with E-state index in [1.807, 2.05) is 0 Å². The van der Waals surface area contributed by atoms with Crippen molar-refractivity contribution in [1.29, 1.82) is 0 Å². The van der Waals surface area contributed by atoms with Gasteiger partial charge < -0.3 is 10.4 Å². The number of rotatable bonds is 4. The predicted molar refractivity (Wildman–Crippen MR) is 74.3 cm³/mol. The molecule has 0 fully saturated rings. The number of aryl methyl sites for hydroxylation is 1. The molecule has 1 aromatic heterocycles. The van der Waals surface area contributed by atoms with Gasteiger partial charge in [-0.15, -0.1) is 0 Å². The molecule has 0 aliphatic carbocycles. The molecule has 6 heteroatoms. The molecule has 0 unspecified atom stereocenters. The van der Waals surface area contributed by atoms with E-state index in [2.05, 4.69) is 10.4 Å². The molecule has 0 spiro atoms. The highest BCUT2D eigenvalue weighted by molar-refractivity contribution is 6.05. The van der Waals surface area contributed by atoms with Crippen molar-refractivity contribution in [2.24, 2.45) is 7.05 Å². The number of carboxylic acids is 1. The first-order valence-electron chi connectivity index (χ1n) is 5.86.